The number of aliphatic imine (C=N–C) groups is 1. The maximum absolute atomic E-state index is 12.4. The maximum atomic E-state index is 12.4. The van der Waals surface area contributed by atoms with Gasteiger partial charge in [0, 0.05) is 45.9 Å². The van der Waals surface area contributed by atoms with Crippen LogP contribution in [0.25, 0.3) is 0 Å². The molecule has 0 bridgehead atoms. The minimum Gasteiger partial charge on any atom is -0.459 e. The van der Waals surface area contributed by atoms with E-state index in [1.807, 2.05) is 11.0 Å². The molecule has 1 aromatic heterocycles. The molecule has 31 heavy (non-hydrogen) atoms. The lowest BCUT2D eigenvalue weighted by atomic mass is 10.2. The Bertz CT molecular complexity index is 784. The van der Waals surface area contributed by atoms with Crippen molar-refractivity contribution in [2.75, 3.05) is 52.5 Å². The first-order valence-corrected chi connectivity index (χ1v) is 11.3. The Labute approximate surface area is 185 Å². The van der Waals surface area contributed by atoms with Gasteiger partial charge >= 0.3 is 0 Å². The topological polar surface area (TPSA) is 70.3 Å². The van der Waals surface area contributed by atoms with Crippen LogP contribution in [0, 0.1) is 0 Å². The van der Waals surface area contributed by atoms with Crippen LogP contribution in [0.5, 0.6) is 0 Å². The molecule has 7 nitrogen and oxygen atoms in total. The van der Waals surface area contributed by atoms with Crippen LogP contribution >= 0.6 is 0 Å². The molecule has 2 heterocycles. The van der Waals surface area contributed by atoms with Crippen LogP contribution in [0.15, 0.2) is 58.1 Å². The number of rotatable bonds is 10. The normalized spacial score (nSPS) is 14.7. The lowest BCUT2D eigenvalue weighted by Gasteiger charge is -2.36. The number of piperazine rings is 1. The molecule has 0 radical (unpaired) electrons. The predicted octanol–water partition coefficient (Wildman–Crippen LogP) is 3.04. The molecule has 7 heteroatoms. The number of hydrogen-bond acceptors (Lipinski definition) is 4. The molecule has 1 amide bonds. The van der Waals surface area contributed by atoms with Crippen molar-refractivity contribution in [1.82, 2.24) is 15.1 Å². The summed E-state index contributed by atoms with van der Waals surface area (Å²) in [5.74, 6) is 1.29. The van der Waals surface area contributed by atoms with Gasteiger partial charge in [0.15, 0.2) is 11.7 Å². The molecular weight excluding hydrogens is 392 g/mol. The van der Waals surface area contributed by atoms with E-state index in [0.29, 0.717) is 18.8 Å². The van der Waals surface area contributed by atoms with E-state index in [9.17, 15) is 4.79 Å². The van der Waals surface area contributed by atoms with Crippen LogP contribution in [0.3, 0.4) is 0 Å². The minimum atomic E-state index is -0.0427. The fourth-order valence-corrected chi connectivity index (χ4v) is 3.54. The summed E-state index contributed by atoms with van der Waals surface area (Å²) in [6, 6.07) is 13.9. The number of ether oxygens (including phenoxy) is 1. The molecule has 1 N–H and O–H groups in total. The second-order valence-electron chi connectivity index (χ2n) is 7.55. The number of carbonyl (C=O) groups excluding carboxylic acids is 1. The Kier molecular flexibility index (Phi) is 9.44. The number of unbranched alkanes of at least 4 members (excludes halogenated alkanes) is 1. The van der Waals surface area contributed by atoms with Gasteiger partial charge in [0.1, 0.15) is 0 Å². The van der Waals surface area contributed by atoms with Crippen LogP contribution in [0.1, 0.15) is 35.9 Å². The number of nitrogens with zero attached hydrogens (tertiary/aromatic N) is 3. The maximum Gasteiger partial charge on any atom is 0.289 e. The van der Waals surface area contributed by atoms with E-state index in [1.165, 1.54) is 11.8 Å². The molecule has 2 aromatic rings. The Hall–Kier alpha value is -2.80. The zero-order chi connectivity index (χ0) is 21.7. The van der Waals surface area contributed by atoms with E-state index in [0.717, 1.165) is 64.6 Å². The van der Waals surface area contributed by atoms with Crippen LogP contribution in [0.4, 0.5) is 0 Å². The molecule has 0 aliphatic carbocycles. The third kappa shape index (κ3) is 7.43. The van der Waals surface area contributed by atoms with E-state index < -0.39 is 0 Å². The van der Waals surface area contributed by atoms with E-state index in [1.54, 1.807) is 12.1 Å². The minimum absolute atomic E-state index is 0.0427. The van der Waals surface area contributed by atoms with Gasteiger partial charge in [-0.05, 0) is 43.9 Å². The van der Waals surface area contributed by atoms with Gasteiger partial charge in [-0.2, -0.15) is 0 Å². The summed E-state index contributed by atoms with van der Waals surface area (Å²) in [7, 11) is 0. The first kappa shape index (κ1) is 22.9. The standard InChI is InChI=1S/C24H34N4O3/c1-2-25-24(26-13-6-7-18-30-20-12-21-9-4-3-5-10-21)28-16-14-27(15-17-28)23(29)22-11-8-19-31-22/h3-5,8-11,19H,2,6-7,12-18,20H2,1H3,(H,25,26). The molecule has 0 unspecified atom stereocenters. The second kappa shape index (κ2) is 12.8. The van der Waals surface area contributed by atoms with Crippen molar-refractivity contribution in [3.8, 4) is 0 Å². The monoisotopic (exact) mass is 426 g/mol. The smallest absolute Gasteiger partial charge is 0.289 e. The summed E-state index contributed by atoms with van der Waals surface area (Å²) in [5.41, 5.74) is 1.31. The van der Waals surface area contributed by atoms with E-state index >= 15 is 0 Å². The molecule has 3 rings (SSSR count). The van der Waals surface area contributed by atoms with E-state index in [2.05, 4.69) is 41.4 Å². The summed E-state index contributed by atoms with van der Waals surface area (Å²) in [4.78, 5) is 21.3. The quantitative estimate of drug-likeness (QED) is 0.359. The summed E-state index contributed by atoms with van der Waals surface area (Å²) >= 11 is 0. The van der Waals surface area contributed by atoms with Crippen LogP contribution in [0.2, 0.25) is 0 Å². The summed E-state index contributed by atoms with van der Waals surface area (Å²) in [6.45, 7) is 8.07. The lowest BCUT2D eigenvalue weighted by molar-refractivity contribution is 0.0657. The van der Waals surface area contributed by atoms with Crippen molar-refractivity contribution < 1.29 is 13.9 Å². The van der Waals surface area contributed by atoms with Crippen molar-refractivity contribution in [3.05, 3.63) is 60.1 Å². The molecular formula is C24H34N4O3. The number of furan rings is 1. The van der Waals surface area contributed by atoms with Gasteiger partial charge in [-0.3, -0.25) is 9.79 Å². The largest absolute Gasteiger partial charge is 0.459 e. The molecule has 0 saturated carbocycles. The first-order valence-electron chi connectivity index (χ1n) is 11.3. The van der Waals surface area contributed by atoms with Gasteiger partial charge in [0.05, 0.1) is 12.9 Å². The van der Waals surface area contributed by atoms with Crippen molar-refractivity contribution >= 4 is 11.9 Å². The van der Waals surface area contributed by atoms with E-state index in [-0.39, 0.29) is 5.91 Å². The second-order valence-corrected chi connectivity index (χ2v) is 7.55. The van der Waals surface area contributed by atoms with Gasteiger partial charge in [-0.15, -0.1) is 0 Å². The number of hydrogen-bond donors (Lipinski definition) is 1. The summed E-state index contributed by atoms with van der Waals surface area (Å²) in [6.07, 6.45) is 4.49. The van der Waals surface area contributed by atoms with Gasteiger partial charge in [-0.25, -0.2) is 0 Å². The van der Waals surface area contributed by atoms with Gasteiger partial charge < -0.3 is 24.3 Å². The third-order valence-corrected chi connectivity index (χ3v) is 5.27. The molecule has 1 saturated heterocycles. The average molecular weight is 427 g/mol. The Balaban J connectivity index is 1.33. The zero-order valence-corrected chi connectivity index (χ0v) is 18.5. The number of carbonyl (C=O) groups is 1. The highest BCUT2D eigenvalue weighted by Crippen LogP contribution is 2.10. The molecule has 1 aliphatic heterocycles. The molecule has 0 spiro atoms. The van der Waals surface area contributed by atoms with Crippen molar-refractivity contribution in [1.29, 1.82) is 0 Å². The summed E-state index contributed by atoms with van der Waals surface area (Å²) < 4.78 is 11.0. The van der Waals surface area contributed by atoms with Gasteiger partial charge in [0.2, 0.25) is 0 Å². The van der Waals surface area contributed by atoms with Crippen LogP contribution < -0.4 is 5.32 Å². The molecule has 1 aliphatic rings. The third-order valence-electron chi connectivity index (χ3n) is 5.27. The Morgan fingerprint density at radius 2 is 1.81 bits per heavy atom. The lowest BCUT2D eigenvalue weighted by Crippen LogP contribution is -2.53. The van der Waals surface area contributed by atoms with Gasteiger partial charge in [-0.1, -0.05) is 30.3 Å². The highest BCUT2D eigenvalue weighted by Gasteiger charge is 2.25. The number of amides is 1. The molecule has 0 atom stereocenters. The van der Waals surface area contributed by atoms with Gasteiger partial charge in [0.25, 0.3) is 5.91 Å². The Morgan fingerprint density at radius 3 is 2.52 bits per heavy atom. The predicted molar refractivity (Wildman–Crippen MR) is 122 cm³/mol. The zero-order valence-electron chi connectivity index (χ0n) is 18.5. The number of guanidine groups is 1. The summed E-state index contributed by atoms with van der Waals surface area (Å²) in [5, 5.41) is 3.38. The highest BCUT2D eigenvalue weighted by molar-refractivity contribution is 5.91. The van der Waals surface area contributed by atoms with Crippen molar-refractivity contribution in [2.45, 2.75) is 26.2 Å². The van der Waals surface area contributed by atoms with E-state index in [4.69, 9.17) is 14.1 Å². The number of benzene rings is 1. The van der Waals surface area contributed by atoms with Crippen molar-refractivity contribution in [3.63, 3.8) is 0 Å². The first-order chi connectivity index (χ1) is 15.3. The fraction of sp³-hybridized carbons (Fsp3) is 0.500. The average Bonchev–Trinajstić information content (AvgIpc) is 3.35. The SMILES string of the molecule is CCNC(=NCCCCOCCc1ccccc1)N1CCN(C(=O)c2ccco2)CC1. The van der Waals surface area contributed by atoms with Crippen LogP contribution in [-0.2, 0) is 11.2 Å². The molecule has 168 valence electrons. The number of nitrogens with one attached hydrogen (secondary N) is 1. The molecule has 1 fully saturated rings. The van der Waals surface area contributed by atoms with Crippen LogP contribution in [-0.4, -0.2) is 74.1 Å². The van der Waals surface area contributed by atoms with Crippen molar-refractivity contribution in [2.24, 2.45) is 4.99 Å². The Morgan fingerprint density at radius 1 is 1.03 bits per heavy atom. The fourth-order valence-electron chi connectivity index (χ4n) is 3.54. The highest BCUT2D eigenvalue weighted by atomic mass is 16.5. The molecule has 1 aromatic carbocycles.